The molecule has 3 rings (SSSR count). The average Bonchev–Trinajstić information content (AvgIpc) is 2.68. The molecule has 0 aliphatic carbocycles. The van der Waals surface area contributed by atoms with Gasteiger partial charge in [-0.3, -0.25) is 10.1 Å². The fourth-order valence-corrected chi connectivity index (χ4v) is 2.99. The molecule has 1 aliphatic heterocycles. The molecule has 2 amide bonds. The number of nitrogens with one attached hydrogen (secondary N) is 2. The first-order chi connectivity index (χ1) is 13.5. The molecule has 0 unspecified atom stereocenters. The summed E-state index contributed by atoms with van der Waals surface area (Å²) in [7, 11) is 0. The summed E-state index contributed by atoms with van der Waals surface area (Å²) in [5, 5.41) is 16.1. The molecular weight excluding hydrogens is 362 g/mol. The highest BCUT2D eigenvalue weighted by Gasteiger charge is 2.32. The Bertz CT molecular complexity index is 923. The van der Waals surface area contributed by atoms with Gasteiger partial charge in [0.15, 0.2) is 0 Å². The molecule has 8 nitrogen and oxygen atoms in total. The van der Waals surface area contributed by atoms with E-state index in [1.807, 2.05) is 30.3 Å². The van der Waals surface area contributed by atoms with Crippen LogP contribution >= 0.6 is 0 Å². The number of esters is 1. The Labute approximate surface area is 161 Å². The molecule has 2 N–H and O–H groups in total. The lowest BCUT2D eigenvalue weighted by molar-refractivity contribution is -0.384. The number of rotatable bonds is 6. The summed E-state index contributed by atoms with van der Waals surface area (Å²) in [6, 6.07) is 14.1. The van der Waals surface area contributed by atoms with Crippen molar-refractivity contribution in [3.05, 3.63) is 87.1 Å². The molecule has 2 aromatic carbocycles. The summed E-state index contributed by atoms with van der Waals surface area (Å²) in [6.45, 7) is 1.81. The molecule has 1 atom stereocenters. The SMILES string of the molecule is CC1=C(C(=O)OCCc2ccccc2)[C@@H](c2ccc([N+](=O)[O-])cc2)NC(=O)N1. The molecule has 1 aliphatic rings. The number of urea groups is 1. The third-order valence-electron chi connectivity index (χ3n) is 4.39. The molecule has 144 valence electrons. The minimum atomic E-state index is -0.751. The van der Waals surface area contributed by atoms with E-state index in [0.29, 0.717) is 17.7 Å². The number of nitrogens with zero attached hydrogens (tertiary/aromatic N) is 1. The summed E-state index contributed by atoms with van der Waals surface area (Å²) < 4.78 is 5.41. The number of carbonyl (C=O) groups excluding carboxylic acids is 2. The van der Waals surface area contributed by atoms with E-state index in [9.17, 15) is 19.7 Å². The van der Waals surface area contributed by atoms with Crippen molar-refractivity contribution >= 4 is 17.7 Å². The molecule has 2 aromatic rings. The van der Waals surface area contributed by atoms with Crippen molar-refractivity contribution < 1.29 is 19.2 Å². The van der Waals surface area contributed by atoms with Crippen LogP contribution in [0.15, 0.2) is 65.9 Å². The molecule has 0 spiro atoms. The number of allylic oxidation sites excluding steroid dienone is 1. The predicted molar refractivity (Wildman–Crippen MR) is 101 cm³/mol. The quantitative estimate of drug-likeness (QED) is 0.454. The van der Waals surface area contributed by atoms with Crippen molar-refractivity contribution in [2.75, 3.05) is 6.61 Å². The van der Waals surface area contributed by atoms with Gasteiger partial charge in [0.05, 0.1) is 23.1 Å². The Hall–Kier alpha value is -3.68. The van der Waals surface area contributed by atoms with Gasteiger partial charge in [0, 0.05) is 24.3 Å². The largest absolute Gasteiger partial charge is 0.462 e. The predicted octanol–water partition coefficient (Wildman–Crippen LogP) is 3.01. The summed E-state index contributed by atoms with van der Waals surface area (Å²) in [6.07, 6.45) is 0.570. The van der Waals surface area contributed by atoms with E-state index in [1.54, 1.807) is 6.92 Å². The highest BCUT2D eigenvalue weighted by molar-refractivity contribution is 5.95. The molecule has 0 bridgehead atoms. The minimum Gasteiger partial charge on any atom is -0.462 e. The van der Waals surface area contributed by atoms with Gasteiger partial charge in [0.25, 0.3) is 5.69 Å². The molecule has 0 radical (unpaired) electrons. The van der Waals surface area contributed by atoms with E-state index in [2.05, 4.69) is 10.6 Å². The zero-order valence-corrected chi connectivity index (χ0v) is 15.2. The highest BCUT2D eigenvalue weighted by Crippen LogP contribution is 2.28. The van der Waals surface area contributed by atoms with Gasteiger partial charge < -0.3 is 15.4 Å². The van der Waals surface area contributed by atoms with E-state index in [1.165, 1.54) is 24.3 Å². The van der Waals surface area contributed by atoms with Crippen molar-refractivity contribution in [2.24, 2.45) is 0 Å². The molecular formula is C20H19N3O5. The third-order valence-corrected chi connectivity index (χ3v) is 4.39. The second-order valence-corrected chi connectivity index (χ2v) is 6.29. The Kier molecular flexibility index (Phi) is 5.69. The van der Waals surface area contributed by atoms with E-state index in [0.717, 1.165) is 5.56 Å². The van der Waals surface area contributed by atoms with Crippen LogP contribution in [0, 0.1) is 10.1 Å². The number of ether oxygens (including phenoxy) is 1. The molecule has 28 heavy (non-hydrogen) atoms. The smallest absolute Gasteiger partial charge is 0.338 e. The van der Waals surface area contributed by atoms with Crippen LogP contribution in [0.2, 0.25) is 0 Å². The molecule has 0 aromatic heterocycles. The van der Waals surface area contributed by atoms with Crippen molar-refractivity contribution in [3.8, 4) is 0 Å². The van der Waals surface area contributed by atoms with Gasteiger partial charge in [-0.1, -0.05) is 30.3 Å². The Morgan fingerprint density at radius 3 is 2.46 bits per heavy atom. The van der Waals surface area contributed by atoms with Gasteiger partial charge in [-0.2, -0.15) is 0 Å². The van der Waals surface area contributed by atoms with Gasteiger partial charge in [0.2, 0.25) is 0 Å². The molecule has 0 saturated carbocycles. The van der Waals surface area contributed by atoms with Crippen LogP contribution < -0.4 is 10.6 Å². The van der Waals surface area contributed by atoms with Gasteiger partial charge in [-0.15, -0.1) is 0 Å². The molecule has 0 saturated heterocycles. The van der Waals surface area contributed by atoms with E-state index in [-0.39, 0.29) is 17.9 Å². The van der Waals surface area contributed by atoms with Gasteiger partial charge >= 0.3 is 12.0 Å². The minimum absolute atomic E-state index is 0.0725. The number of amides is 2. The second kappa shape index (κ2) is 8.34. The van der Waals surface area contributed by atoms with Crippen LogP contribution in [-0.2, 0) is 16.0 Å². The van der Waals surface area contributed by atoms with Crippen LogP contribution in [-0.4, -0.2) is 23.5 Å². The lowest BCUT2D eigenvalue weighted by atomic mass is 9.95. The Balaban J connectivity index is 1.77. The van der Waals surface area contributed by atoms with Crippen LogP contribution in [0.5, 0.6) is 0 Å². The summed E-state index contributed by atoms with van der Waals surface area (Å²) in [4.78, 5) is 34.9. The first-order valence-electron chi connectivity index (χ1n) is 8.69. The number of nitro benzene ring substituents is 1. The molecule has 1 heterocycles. The normalized spacial score (nSPS) is 16.2. The lowest BCUT2D eigenvalue weighted by Gasteiger charge is -2.28. The number of hydrogen-bond acceptors (Lipinski definition) is 5. The van der Waals surface area contributed by atoms with Crippen molar-refractivity contribution in [1.29, 1.82) is 0 Å². The highest BCUT2D eigenvalue weighted by atomic mass is 16.6. The first kappa shape index (κ1) is 19.1. The van der Waals surface area contributed by atoms with Crippen LogP contribution in [0.1, 0.15) is 24.1 Å². The van der Waals surface area contributed by atoms with Gasteiger partial charge in [-0.05, 0) is 30.2 Å². The number of nitro groups is 1. The summed E-state index contributed by atoms with van der Waals surface area (Å²) >= 11 is 0. The first-order valence-corrected chi connectivity index (χ1v) is 8.69. The van der Waals surface area contributed by atoms with Crippen molar-refractivity contribution in [1.82, 2.24) is 10.6 Å². The monoisotopic (exact) mass is 381 g/mol. The standard InChI is InChI=1S/C20H19N3O5/c1-13-17(19(24)28-12-11-14-5-3-2-4-6-14)18(22-20(25)21-13)15-7-9-16(10-8-15)23(26)27/h2-10,18H,11-12H2,1H3,(H2,21,22,25)/t18-/m1/s1. The summed E-state index contributed by atoms with van der Waals surface area (Å²) in [5.41, 5.74) is 2.17. The number of hydrogen-bond donors (Lipinski definition) is 2. The topological polar surface area (TPSA) is 111 Å². The van der Waals surface area contributed by atoms with E-state index in [4.69, 9.17) is 4.74 Å². The van der Waals surface area contributed by atoms with Crippen molar-refractivity contribution in [3.63, 3.8) is 0 Å². The maximum Gasteiger partial charge on any atom is 0.338 e. The Morgan fingerprint density at radius 1 is 1.14 bits per heavy atom. The van der Waals surface area contributed by atoms with Gasteiger partial charge in [-0.25, -0.2) is 9.59 Å². The maximum atomic E-state index is 12.7. The fraction of sp³-hybridized carbons (Fsp3) is 0.200. The number of non-ortho nitro benzene ring substituents is 1. The maximum absolute atomic E-state index is 12.7. The average molecular weight is 381 g/mol. The zero-order chi connectivity index (χ0) is 20.1. The van der Waals surface area contributed by atoms with Crippen LogP contribution in [0.4, 0.5) is 10.5 Å². The van der Waals surface area contributed by atoms with Crippen molar-refractivity contribution in [2.45, 2.75) is 19.4 Å². The number of benzene rings is 2. The zero-order valence-electron chi connectivity index (χ0n) is 15.2. The van der Waals surface area contributed by atoms with Crippen LogP contribution in [0.3, 0.4) is 0 Å². The van der Waals surface area contributed by atoms with Crippen LogP contribution in [0.25, 0.3) is 0 Å². The van der Waals surface area contributed by atoms with E-state index < -0.39 is 23.0 Å². The van der Waals surface area contributed by atoms with Gasteiger partial charge in [0.1, 0.15) is 0 Å². The van der Waals surface area contributed by atoms with E-state index >= 15 is 0 Å². The third kappa shape index (κ3) is 4.35. The summed E-state index contributed by atoms with van der Waals surface area (Å²) in [5.74, 6) is -0.552. The molecule has 0 fully saturated rings. The Morgan fingerprint density at radius 2 is 1.82 bits per heavy atom. The number of carbonyl (C=O) groups is 2. The fourth-order valence-electron chi connectivity index (χ4n) is 2.99. The molecule has 8 heteroatoms. The second-order valence-electron chi connectivity index (χ2n) is 6.29. The lowest BCUT2D eigenvalue weighted by Crippen LogP contribution is -2.45.